The fraction of sp³-hybridized carbons (Fsp3) is 0.611. The van der Waals surface area contributed by atoms with E-state index in [1.807, 2.05) is 36.1 Å². The monoisotopic (exact) mass is 604 g/mol. The molecule has 2 atom stereocenters. The van der Waals surface area contributed by atoms with Gasteiger partial charge in [0.1, 0.15) is 5.75 Å². The van der Waals surface area contributed by atoms with Gasteiger partial charge in [0.25, 0.3) is 5.91 Å². The Hall–Kier alpha value is -2.94. The van der Waals surface area contributed by atoms with Gasteiger partial charge in [-0.05, 0) is 87.4 Å². The molecular weight excluding hydrogens is 552 g/mol. The van der Waals surface area contributed by atoms with E-state index in [9.17, 15) is 14.7 Å². The summed E-state index contributed by atoms with van der Waals surface area (Å²) in [5.41, 5.74) is 2.90. The quantitative estimate of drug-likeness (QED) is 0.236. The summed E-state index contributed by atoms with van der Waals surface area (Å²) in [6, 6.07) is 16.1. The number of benzene rings is 2. The number of aromatic hydroxyl groups is 1. The lowest BCUT2D eigenvalue weighted by molar-refractivity contribution is -0.143. The molecule has 5 rings (SSSR count). The van der Waals surface area contributed by atoms with Gasteiger partial charge in [-0.3, -0.25) is 19.4 Å². The van der Waals surface area contributed by atoms with Crippen molar-refractivity contribution < 1.29 is 19.4 Å². The number of nitrogens with zero attached hydrogens (tertiary/aromatic N) is 4. The number of carbonyl (C=O) groups is 2. The lowest BCUT2D eigenvalue weighted by atomic mass is 9.93. The summed E-state index contributed by atoms with van der Waals surface area (Å²) in [6.07, 6.45) is 7.42. The van der Waals surface area contributed by atoms with Gasteiger partial charge in [-0.15, -0.1) is 0 Å². The summed E-state index contributed by atoms with van der Waals surface area (Å²) < 4.78 is 5.00. The number of amides is 1. The Balaban J connectivity index is 1.17. The maximum absolute atomic E-state index is 13.7. The highest BCUT2D eigenvalue weighted by molar-refractivity contribution is 5.94. The molecule has 2 aliphatic heterocycles. The Morgan fingerprint density at radius 3 is 2.30 bits per heavy atom. The maximum Gasteiger partial charge on any atom is 0.305 e. The second kappa shape index (κ2) is 15.9. The third-order valence-corrected chi connectivity index (χ3v) is 9.51. The number of phenolic OH excluding ortho intramolecular Hbond substituents is 1. The molecule has 2 aromatic rings. The lowest BCUT2D eigenvalue weighted by Crippen LogP contribution is -2.53. The second-order valence-corrected chi connectivity index (χ2v) is 13.0. The molecular formula is C36H52N4O4. The molecule has 3 aliphatic rings. The van der Waals surface area contributed by atoms with E-state index in [1.54, 1.807) is 6.07 Å². The molecule has 8 nitrogen and oxygen atoms in total. The zero-order valence-corrected chi connectivity index (χ0v) is 26.8. The average molecular weight is 605 g/mol. The summed E-state index contributed by atoms with van der Waals surface area (Å²) in [5.74, 6) is 1.16. The van der Waals surface area contributed by atoms with Crippen molar-refractivity contribution in [1.29, 1.82) is 0 Å². The van der Waals surface area contributed by atoms with Gasteiger partial charge in [-0.25, -0.2) is 0 Å². The van der Waals surface area contributed by atoms with Crippen molar-refractivity contribution in [2.45, 2.75) is 70.9 Å². The SMILES string of the molecule is CCOC(=O)CCCCCCN1CCN(C(=O)c2cccc(C(c3cccc(O)c3)N3CCN(CC4CC4)CC3C)c2)CC1. The van der Waals surface area contributed by atoms with Gasteiger partial charge in [0.15, 0.2) is 0 Å². The molecule has 2 unspecified atom stereocenters. The molecule has 0 aromatic heterocycles. The van der Waals surface area contributed by atoms with Crippen molar-refractivity contribution in [3.05, 3.63) is 65.2 Å². The highest BCUT2D eigenvalue weighted by Gasteiger charge is 2.34. The van der Waals surface area contributed by atoms with E-state index in [0.717, 1.165) is 101 Å². The molecule has 8 heteroatoms. The van der Waals surface area contributed by atoms with E-state index in [0.29, 0.717) is 19.1 Å². The van der Waals surface area contributed by atoms with E-state index in [4.69, 9.17) is 4.74 Å². The van der Waals surface area contributed by atoms with E-state index < -0.39 is 0 Å². The average Bonchev–Trinajstić information content (AvgIpc) is 3.84. The zero-order chi connectivity index (χ0) is 30.9. The van der Waals surface area contributed by atoms with Crippen LogP contribution in [0.4, 0.5) is 0 Å². The Labute approximate surface area is 263 Å². The van der Waals surface area contributed by atoms with Crippen LogP contribution in [0.1, 0.15) is 86.3 Å². The van der Waals surface area contributed by atoms with Gasteiger partial charge >= 0.3 is 5.97 Å². The van der Waals surface area contributed by atoms with Crippen molar-refractivity contribution in [2.75, 3.05) is 65.5 Å². The predicted molar refractivity (Wildman–Crippen MR) is 174 cm³/mol. The van der Waals surface area contributed by atoms with E-state index >= 15 is 0 Å². The van der Waals surface area contributed by atoms with Crippen LogP contribution in [0.25, 0.3) is 0 Å². The number of ether oxygens (including phenoxy) is 1. The number of hydrogen-bond donors (Lipinski definition) is 1. The van der Waals surface area contributed by atoms with Crippen molar-refractivity contribution >= 4 is 11.9 Å². The molecule has 44 heavy (non-hydrogen) atoms. The van der Waals surface area contributed by atoms with Crippen LogP contribution in [0.3, 0.4) is 0 Å². The minimum Gasteiger partial charge on any atom is -0.508 e. The topological polar surface area (TPSA) is 76.6 Å². The van der Waals surface area contributed by atoms with Crippen LogP contribution in [0.2, 0.25) is 0 Å². The predicted octanol–water partition coefficient (Wildman–Crippen LogP) is 5.17. The first-order valence-corrected chi connectivity index (χ1v) is 17.0. The van der Waals surface area contributed by atoms with Crippen LogP contribution >= 0.6 is 0 Å². The molecule has 240 valence electrons. The summed E-state index contributed by atoms with van der Waals surface area (Å²) in [7, 11) is 0. The summed E-state index contributed by atoms with van der Waals surface area (Å²) in [5, 5.41) is 10.4. The standard InChI is InChI=1S/C36H52N4O4/c1-3-44-34(42)14-6-4-5-7-17-37-18-21-39(22-19-37)36(43)32-12-8-10-30(24-32)35(31-11-9-13-33(41)25-31)40-23-20-38(26-28(40)2)27-29-15-16-29/h8-13,24-25,28-29,35,41H,3-7,14-23,26-27H2,1-2H3. The van der Waals surface area contributed by atoms with Gasteiger partial charge in [0, 0.05) is 70.4 Å². The van der Waals surface area contributed by atoms with Gasteiger partial charge in [-0.2, -0.15) is 0 Å². The molecule has 1 N–H and O–H groups in total. The summed E-state index contributed by atoms with van der Waals surface area (Å²) >= 11 is 0. The maximum atomic E-state index is 13.7. The number of rotatable bonds is 14. The minimum atomic E-state index is -0.0924. The molecule has 1 aliphatic carbocycles. The number of esters is 1. The van der Waals surface area contributed by atoms with Crippen molar-refractivity contribution in [1.82, 2.24) is 19.6 Å². The molecule has 2 saturated heterocycles. The van der Waals surface area contributed by atoms with Crippen molar-refractivity contribution in [3.63, 3.8) is 0 Å². The van der Waals surface area contributed by atoms with E-state index in [2.05, 4.69) is 39.8 Å². The second-order valence-electron chi connectivity index (χ2n) is 13.0. The highest BCUT2D eigenvalue weighted by Crippen LogP contribution is 2.35. The lowest BCUT2D eigenvalue weighted by Gasteiger charge is -2.44. The molecule has 2 heterocycles. The van der Waals surface area contributed by atoms with Crippen LogP contribution < -0.4 is 0 Å². The molecule has 2 aromatic carbocycles. The fourth-order valence-corrected chi connectivity index (χ4v) is 6.92. The molecule has 0 bridgehead atoms. The third-order valence-electron chi connectivity index (χ3n) is 9.51. The summed E-state index contributed by atoms with van der Waals surface area (Å²) in [6.45, 7) is 13.2. The molecule has 3 fully saturated rings. The van der Waals surface area contributed by atoms with E-state index in [-0.39, 0.29) is 23.7 Å². The van der Waals surface area contributed by atoms with Crippen LogP contribution in [-0.2, 0) is 9.53 Å². The number of phenols is 1. The first-order valence-electron chi connectivity index (χ1n) is 17.0. The number of unbranched alkanes of at least 4 members (excludes halogenated alkanes) is 3. The molecule has 0 spiro atoms. The normalized spacial score (nSPS) is 20.9. The Morgan fingerprint density at radius 1 is 0.886 bits per heavy atom. The summed E-state index contributed by atoms with van der Waals surface area (Å²) in [4.78, 5) is 34.8. The Bertz CT molecular complexity index is 1230. The van der Waals surface area contributed by atoms with Crippen molar-refractivity contribution in [2.24, 2.45) is 5.92 Å². The first-order chi connectivity index (χ1) is 21.4. The van der Waals surface area contributed by atoms with Crippen LogP contribution in [0.15, 0.2) is 48.5 Å². The number of piperazine rings is 2. The number of carbonyl (C=O) groups excluding carboxylic acids is 2. The third kappa shape index (κ3) is 9.05. The van der Waals surface area contributed by atoms with Gasteiger partial charge < -0.3 is 19.6 Å². The molecule has 1 saturated carbocycles. The van der Waals surface area contributed by atoms with Gasteiger partial charge in [-0.1, -0.05) is 37.1 Å². The Kier molecular flexibility index (Phi) is 11.7. The van der Waals surface area contributed by atoms with Crippen molar-refractivity contribution in [3.8, 4) is 5.75 Å². The molecule has 0 radical (unpaired) electrons. The van der Waals surface area contributed by atoms with Crippen LogP contribution in [0.5, 0.6) is 5.75 Å². The van der Waals surface area contributed by atoms with E-state index in [1.165, 1.54) is 19.4 Å². The van der Waals surface area contributed by atoms with Gasteiger partial charge in [0.2, 0.25) is 0 Å². The first kappa shape index (κ1) is 32.5. The number of hydrogen-bond acceptors (Lipinski definition) is 7. The largest absolute Gasteiger partial charge is 0.508 e. The smallest absolute Gasteiger partial charge is 0.305 e. The zero-order valence-electron chi connectivity index (χ0n) is 26.8. The molecule has 1 amide bonds. The highest BCUT2D eigenvalue weighted by atomic mass is 16.5. The van der Waals surface area contributed by atoms with Gasteiger partial charge in [0.05, 0.1) is 12.6 Å². The fourth-order valence-electron chi connectivity index (χ4n) is 6.92. The minimum absolute atomic E-state index is 0.0259. The van der Waals surface area contributed by atoms with Crippen LogP contribution in [0, 0.1) is 5.92 Å². The van der Waals surface area contributed by atoms with Crippen LogP contribution in [-0.4, -0.2) is 108 Å². The Morgan fingerprint density at radius 2 is 1.59 bits per heavy atom.